The van der Waals surface area contributed by atoms with E-state index < -0.39 is 28.6 Å². The van der Waals surface area contributed by atoms with Crippen molar-refractivity contribution >= 4 is 10.0 Å². The Hall–Kier alpha value is -0.230. The molecule has 0 aliphatic heterocycles. The number of sulfonamides is 1. The fourth-order valence-corrected chi connectivity index (χ4v) is 0.890. The summed E-state index contributed by atoms with van der Waals surface area (Å²) in [6.07, 6.45) is -1.99. The van der Waals surface area contributed by atoms with Gasteiger partial charge in [0.25, 0.3) is 0 Å². The lowest BCUT2D eigenvalue weighted by Gasteiger charge is -1.98. The number of hydrogen-bond acceptors (Lipinski definition) is 2. The first-order valence-electron chi connectivity index (χ1n) is 2.16. The molecular weight excluding hydrogens is 152 g/mol. The number of primary sulfonamides is 1. The van der Waals surface area contributed by atoms with Crippen LogP contribution in [0.2, 0.25) is 0 Å². The van der Waals surface area contributed by atoms with Crippen molar-refractivity contribution < 1.29 is 17.2 Å². The maximum atomic E-state index is 11.8. The van der Waals surface area contributed by atoms with Crippen molar-refractivity contribution in [1.82, 2.24) is 0 Å². The van der Waals surface area contributed by atoms with Gasteiger partial charge in [-0.2, -0.15) is 0 Å². The van der Waals surface area contributed by atoms with Crippen molar-refractivity contribution in [3.8, 4) is 0 Å². The van der Waals surface area contributed by atoms with E-state index in [2.05, 4.69) is 5.14 Å². The number of rotatable bonds is 3. The third-order valence-corrected chi connectivity index (χ3v) is 1.41. The molecule has 0 fully saturated rings. The van der Waals surface area contributed by atoms with Gasteiger partial charge in [0.2, 0.25) is 10.0 Å². The van der Waals surface area contributed by atoms with Gasteiger partial charge < -0.3 is 0 Å². The predicted molar refractivity (Wildman–Crippen MR) is 28.8 cm³/mol. The highest BCUT2D eigenvalue weighted by Gasteiger charge is 2.13. The van der Waals surface area contributed by atoms with E-state index in [9.17, 15) is 17.2 Å². The van der Waals surface area contributed by atoms with Crippen LogP contribution in [-0.2, 0) is 10.0 Å². The minimum atomic E-state index is -3.85. The Labute approximate surface area is 51.9 Å². The van der Waals surface area contributed by atoms with E-state index in [0.29, 0.717) is 0 Å². The Kier molecular flexibility index (Phi) is 2.99. The van der Waals surface area contributed by atoms with E-state index in [-0.39, 0.29) is 0 Å². The molecule has 0 rings (SSSR count). The summed E-state index contributed by atoms with van der Waals surface area (Å²) in [5, 5.41) is 4.38. The van der Waals surface area contributed by atoms with E-state index in [1.54, 1.807) is 0 Å². The summed E-state index contributed by atoms with van der Waals surface area (Å²) in [5.74, 6) is -0.941. The van der Waals surface area contributed by atoms with Gasteiger partial charge in [-0.25, -0.2) is 22.3 Å². The predicted octanol–water partition coefficient (Wildman–Crippen LogP) is -0.417. The average Bonchev–Trinajstić information content (AvgIpc) is 1.62. The molecule has 2 N–H and O–H groups in total. The quantitative estimate of drug-likeness (QED) is 0.608. The van der Waals surface area contributed by atoms with Gasteiger partial charge in [-0.1, -0.05) is 0 Å². The number of halogens is 2. The standard InChI is InChI=1S/C3H7F2NO2S/c4-1-3(5)2-9(6,7)8/h3H,1-2H2,(H2,6,7,8). The Morgan fingerprint density at radius 1 is 1.56 bits per heavy atom. The number of alkyl halides is 2. The van der Waals surface area contributed by atoms with Crippen molar-refractivity contribution in [3.63, 3.8) is 0 Å². The maximum absolute atomic E-state index is 11.8. The normalized spacial score (nSPS) is 15.4. The zero-order chi connectivity index (χ0) is 7.49. The molecule has 1 unspecified atom stereocenters. The second-order valence-electron chi connectivity index (χ2n) is 1.58. The molecule has 0 radical (unpaired) electrons. The second-order valence-corrected chi connectivity index (χ2v) is 3.24. The molecule has 0 aromatic rings. The van der Waals surface area contributed by atoms with E-state index in [1.165, 1.54) is 0 Å². The summed E-state index contributed by atoms with van der Waals surface area (Å²) in [6, 6.07) is 0. The van der Waals surface area contributed by atoms with Crippen molar-refractivity contribution in [2.75, 3.05) is 12.4 Å². The summed E-state index contributed by atoms with van der Waals surface area (Å²) in [6.45, 7) is -1.31. The first-order chi connectivity index (χ1) is 3.95. The molecule has 0 aromatic carbocycles. The highest BCUT2D eigenvalue weighted by molar-refractivity contribution is 7.89. The zero-order valence-corrected chi connectivity index (χ0v) is 5.37. The Bertz CT molecular complexity index is 167. The molecule has 0 aromatic heterocycles. The van der Waals surface area contributed by atoms with Crippen LogP contribution >= 0.6 is 0 Å². The molecule has 0 aliphatic carbocycles. The third kappa shape index (κ3) is 5.64. The summed E-state index contributed by atoms with van der Waals surface area (Å²) in [7, 11) is -3.85. The van der Waals surface area contributed by atoms with Crippen LogP contribution in [0.15, 0.2) is 0 Å². The molecule has 0 aliphatic rings. The van der Waals surface area contributed by atoms with Crippen LogP contribution in [0.1, 0.15) is 0 Å². The molecule has 0 spiro atoms. The third-order valence-electron chi connectivity index (χ3n) is 0.581. The monoisotopic (exact) mass is 159 g/mol. The second kappa shape index (κ2) is 3.07. The number of nitrogens with two attached hydrogens (primary N) is 1. The van der Waals surface area contributed by atoms with Gasteiger partial charge in [-0.15, -0.1) is 0 Å². The molecule has 0 bridgehead atoms. The van der Waals surface area contributed by atoms with Gasteiger partial charge in [0, 0.05) is 0 Å². The van der Waals surface area contributed by atoms with Crippen molar-refractivity contribution in [1.29, 1.82) is 0 Å². The van der Waals surface area contributed by atoms with Crippen molar-refractivity contribution in [2.24, 2.45) is 5.14 Å². The number of hydrogen-bond donors (Lipinski definition) is 1. The summed E-state index contributed by atoms with van der Waals surface area (Å²) < 4.78 is 43.0. The summed E-state index contributed by atoms with van der Waals surface area (Å²) in [5.41, 5.74) is 0. The summed E-state index contributed by atoms with van der Waals surface area (Å²) >= 11 is 0. The lowest BCUT2D eigenvalue weighted by molar-refractivity contribution is 0.283. The maximum Gasteiger partial charge on any atom is 0.212 e. The van der Waals surface area contributed by atoms with Crippen LogP contribution in [0.4, 0.5) is 8.78 Å². The minimum absolute atomic E-state index is 0.941. The molecule has 0 heterocycles. The van der Waals surface area contributed by atoms with Crippen molar-refractivity contribution in [3.05, 3.63) is 0 Å². The molecule has 0 saturated carbocycles. The van der Waals surface area contributed by atoms with Crippen LogP contribution in [0.5, 0.6) is 0 Å². The molecule has 6 heteroatoms. The Balaban J connectivity index is 3.75. The Morgan fingerprint density at radius 2 is 2.00 bits per heavy atom. The molecule has 1 atom stereocenters. The van der Waals surface area contributed by atoms with Crippen LogP contribution in [0, 0.1) is 0 Å². The fourth-order valence-electron chi connectivity index (χ4n) is 0.297. The SMILES string of the molecule is NS(=O)(=O)CC(F)CF. The molecular formula is C3H7F2NO2S. The van der Waals surface area contributed by atoms with Crippen LogP contribution < -0.4 is 5.14 Å². The van der Waals surface area contributed by atoms with Crippen LogP contribution in [-0.4, -0.2) is 27.0 Å². The Morgan fingerprint density at radius 3 is 2.11 bits per heavy atom. The van der Waals surface area contributed by atoms with Gasteiger partial charge >= 0.3 is 0 Å². The van der Waals surface area contributed by atoms with E-state index in [0.717, 1.165) is 0 Å². The van der Waals surface area contributed by atoms with Crippen LogP contribution in [0.25, 0.3) is 0 Å². The van der Waals surface area contributed by atoms with Gasteiger partial charge in [0.1, 0.15) is 12.8 Å². The lowest BCUT2D eigenvalue weighted by Crippen LogP contribution is -2.24. The molecule has 9 heavy (non-hydrogen) atoms. The topological polar surface area (TPSA) is 60.2 Å². The van der Waals surface area contributed by atoms with Crippen molar-refractivity contribution in [2.45, 2.75) is 6.17 Å². The van der Waals surface area contributed by atoms with Crippen LogP contribution in [0.3, 0.4) is 0 Å². The lowest BCUT2D eigenvalue weighted by atomic mass is 10.5. The molecule has 0 saturated heterocycles. The average molecular weight is 159 g/mol. The van der Waals surface area contributed by atoms with E-state index in [1.807, 2.05) is 0 Å². The highest BCUT2D eigenvalue weighted by atomic mass is 32.2. The first-order valence-corrected chi connectivity index (χ1v) is 3.88. The molecule has 0 amide bonds. The van der Waals surface area contributed by atoms with Gasteiger partial charge in [0.15, 0.2) is 0 Å². The molecule has 56 valence electrons. The zero-order valence-electron chi connectivity index (χ0n) is 4.55. The van der Waals surface area contributed by atoms with E-state index in [4.69, 9.17) is 0 Å². The first kappa shape index (κ1) is 8.77. The minimum Gasteiger partial charge on any atom is -0.248 e. The fraction of sp³-hybridized carbons (Fsp3) is 1.00. The van der Waals surface area contributed by atoms with Gasteiger partial charge in [0.05, 0.1) is 5.75 Å². The summed E-state index contributed by atoms with van der Waals surface area (Å²) in [4.78, 5) is 0. The highest BCUT2D eigenvalue weighted by Crippen LogP contribution is 1.93. The molecule has 3 nitrogen and oxygen atoms in total. The largest absolute Gasteiger partial charge is 0.248 e. The van der Waals surface area contributed by atoms with E-state index >= 15 is 0 Å². The van der Waals surface area contributed by atoms with Gasteiger partial charge in [-0.3, -0.25) is 0 Å². The van der Waals surface area contributed by atoms with Gasteiger partial charge in [-0.05, 0) is 0 Å². The smallest absolute Gasteiger partial charge is 0.212 e.